The number of benzene rings is 2. The van der Waals surface area contributed by atoms with Crippen molar-refractivity contribution in [3.63, 3.8) is 0 Å². The lowest BCUT2D eigenvalue weighted by atomic mass is 10.2. The van der Waals surface area contributed by atoms with Gasteiger partial charge in [-0.15, -0.1) is 0 Å². The van der Waals surface area contributed by atoms with Crippen LogP contribution in [0.3, 0.4) is 0 Å². The number of carbonyl (C=O) groups is 1. The molecule has 0 spiro atoms. The molecular weight excluding hydrogens is 386 g/mol. The van der Waals surface area contributed by atoms with Gasteiger partial charge < -0.3 is 18.9 Å². The van der Waals surface area contributed by atoms with Gasteiger partial charge in [0.1, 0.15) is 0 Å². The number of esters is 1. The summed E-state index contributed by atoms with van der Waals surface area (Å²) in [5, 5.41) is 0. The Labute approximate surface area is 164 Å². The van der Waals surface area contributed by atoms with Gasteiger partial charge in [-0.3, -0.25) is 0 Å². The Bertz CT molecular complexity index is 899. The maximum Gasteiger partial charge on any atom is 0.337 e. The van der Waals surface area contributed by atoms with Crippen LogP contribution in [-0.2, 0) is 21.3 Å². The molecule has 0 heterocycles. The summed E-state index contributed by atoms with van der Waals surface area (Å²) in [6.45, 7) is 2.28. The molecule has 0 aliphatic heterocycles. The Morgan fingerprint density at radius 2 is 1.57 bits per heavy atom. The molecule has 2 aromatic carbocycles. The maximum absolute atomic E-state index is 12.5. The fourth-order valence-corrected chi connectivity index (χ4v) is 3.49. The van der Waals surface area contributed by atoms with Gasteiger partial charge in [0.2, 0.25) is 15.8 Å². The lowest BCUT2D eigenvalue weighted by molar-refractivity contribution is 0.0600. The number of hydrogen-bond acceptors (Lipinski definition) is 7. The van der Waals surface area contributed by atoms with Crippen molar-refractivity contribution < 1.29 is 32.2 Å². The van der Waals surface area contributed by atoms with E-state index < -0.39 is 16.0 Å². The molecule has 0 fully saturated rings. The Hall–Kier alpha value is -2.78. The van der Waals surface area contributed by atoms with E-state index in [4.69, 9.17) is 14.2 Å². The second-order valence-electron chi connectivity index (χ2n) is 5.60. The molecule has 0 amide bonds. The van der Waals surface area contributed by atoms with Crippen LogP contribution in [-0.4, -0.2) is 42.3 Å². The minimum absolute atomic E-state index is 0.0141. The van der Waals surface area contributed by atoms with E-state index in [1.165, 1.54) is 45.6 Å². The van der Waals surface area contributed by atoms with Crippen molar-refractivity contribution in [2.45, 2.75) is 18.4 Å². The minimum atomic E-state index is -3.78. The third kappa shape index (κ3) is 4.93. The van der Waals surface area contributed by atoms with E-state index in [1.54, 1.807) is 12.1 Å². The van der Waals surface area contributed by atoms with Crippen LogP contribution in [0.2, 0.25) is 0 Å². The zero-order valence-corrected chi connectivity index (χ0v) is 17.0. The van der Waals surface area contributed by atoms with Crippen molar-refractivity contribution in [2.75, 3.05) is 27.9 Å². The molecule has 9 heteroatoms. The first kappa shape index (κ1) is 21.5. The fourth-order valence-electron chi connectivity index (χ4n) is 2.47. The number of ether oxygens (including phenoxy) is 4. The van der Waals surface area contributed by atoms with Gasteiger partial charge in [0.05, 0.1) is 38.4 Å². The molecule has 0 aliphatic carbocycles. The smallest absolute Gasteiger partial charge is 0.337 e. The highest BCUT2D eigenvalue weighted by molar-refractivity contribution is 7.89. The van der Waals surface area contributed by atoms with E-state index in [-0.39, 0.29) is 17.0 Å². The number of nitrogens with one attached hydrogen (secondary N) is 1. The number of hydrogen-bond donors (Lipinski definition) is 1. The minimum Gasteiger partial charge on any atom is -0.493 e. The van der Waals surface area contributed by atoms with Crippen molar-refractivity contribution in [1.82, 2.24) is 4.72 Å². The predicted octanol–water partition coefficient (Wildman–Crippen LogP) is 2.37. The standard InChI is InChI=1S/C19H23NO7S/c1-5-27-18-16(24-2)10-13(11-17(18)25-3)12-20-28(22,23)15-8-6-14(7-9-15)19(21)26-4/h6-11,20H,5,12H2,1-4H3. The van der Waals surface area contributed by atoms with Crippen molar-refractivity contribution in [2.24, 2.45) is 0 Å². The number of carbonyl (C=O) groups excluding carboxylic acids is 1. The Morgan fingerprint density at radius 3 is 2.04 bits per heavy atom. The molecular formula is C19H23NO7S. The van der Waals surface area contributed by atoms with Gasteiger partial charge in [-0.05, 0) is 48.9 Å². The molecule has 1 N–H and O–H groups in total. The summed E-state index contributed by atoms with van der Waals surface area (Å²) in [7, 11) is 0.464. The van der Waals surface area contributed by atoms with Crippen molar-refractivity contribution in [3.8, 4) is 17.2 Å². The van der Waals surface area contributed by atoms with Crippen LogP contribution >= 0.6 is 0 Å². The third-order valence-electron chi connectivity index (χ3n) is 3.86. The topological polar surface area (TPSA) is 100 Å². The maximum atomic E-state index is 12.5. The molecule has 0 bridgehead atoms. The first-order valence-corrected chi connectivity index (χ1v) is 9.90. The highest BCUT2D eigenvalue weighted by Crippen LogP contribution is 2.38. The Balaban J connectivity index is 2.21. The van der Waals surface area contributed by atoms with Crippen LogP contribution < -0.4 is 18.9 Å². The quantitative estimate of drug-likeness (QED) is 0.635. The SMILES string of the molecule is CCOc1c(OC)cc(CNS(=O)(=O)c2ccc(C(=O)OC)cc2)cc1OC. The fraction of sp³-hybridized carbons (Fsp3) is 0.316. The zero-order chi connectivity index (χ0) is 20.7. The normalized spacial score (nSPS) is 11.0. The molecule has 0 saturated heterocycles. The molecule has 0 aromatic heterocycles. The number of rotatable bonds is 9. The van der Waals surface area contributed by atoms with Gasteiger partial charge in [-0.1, -0.05) is 0 Å². The van der Waals surface area contributed by atoms with Crippen LogP contribution in [0.5, 0.6) is 17.2 Å². The molecule has 0 atom stereocenters. The highest BCUT2D eigenvalue weighted by atomic mass is 32.2. The van der Waals surface area contributed by atoms with Gasteiger partial charge in [0, 0.05) is 6.54 Å². The van der Waals surface area contributed by atoms with Crippen molar-refractivity contribution >= 4 is 16.0 Å². The molecule has 2 rings (SSSR count). The second kappa shape index (κ2) is 9.43. The van der Waals surface area contributed by atoms with Gasteiger partial charge in [0.25, 0.3) is 0 Å². The van der Waals surface area contributed by atoms with Gasteiger partial charge >= 0.3 is 5.97 Å². The summed E-state index contributed by atoms with van der Waals surface area (Å²) in [4.78, 5) is 11.5. The highest BCUT2D eigenvalue weighted by Gasteiger charge is 2.18. The van der Waals surface area contributed by atoms with E-state index in [2.05, 4.69) is 9.46 Å². The first-order chi connectivity index (χ1) is 13.4. The average molecular weight is 409 g/mol. The molecule has 0 radical (unpaired) electrons. The van der Waals surface area contributed by atoms with E-state index >= 15 is 0 Å². The van der Waals surface area contributed by atoms with E-state index in [0.717, 1.165) is 0 Å². The molecule has 0 unspecified atom stereocenters. The summed E-state index contributed by atoms with van der Waals surface area (Å²) in [6.07, 6.45) is 0. The van der Waals surface area contributed by atoms with E-state index in [0.29, 0.717) is 29.4 Å². The molecule has 28 heavy (non-hydrogen) atoms. The largest absolute Gasteiger partial charge is 0.493 e. The Morgan fingerprint density at radius 1 is 1.00 bits per heavy atom. The second-order valence-corrected chi connectivity index (χ2v) is 7.37. The monoisotopic (exact) mass is 409 g/mol. The van der Waals surface area contributed by atoms with E-state index in [9.17, 15) is 13.2 Å². The van der Waals surface area contributed by atoms with Crippen LogP contribution in [0.15, 0.2) is 41.3 Å². The molecule has 152 valence electrons. The van der Waals surface area contributed by atoms with Crippen LogP contribution in [0, 0.1) is 0 Å². The third-order valence-corrected chi connectivity index (χ3v) is 5.28. The summed E-state index contributed by atoms with van der Waals surface area (Å²) in [6, 6.07) is 8.82. The molecule has 8 nitrogen and oxygen atoms in total. The lowest BCUT2D eigenvalue weighted by Gasteiger charge is -2.15. The summed E-state index contributed by atoms with van der Waals surface area (Å²) < 4.78 is 48.3. The number of methoxy groups -OCH3 is 3. The van der Waals surface area contributed by atoms with Crippen LogP contribution in [0.4, 0.5) is 0 Å². The summed E-state index contributed by atoms with van der Waals surface area (Å²) >= 11 is 0. The zero-order valence-electron chi connectivity index (χ0n) is 16.1. The molecule has 0 aliphatic rings. The van der Waals surface area contributed by atoms with Gasteiger partial charge in [-0.25, -0.2) is 17.9 Å². The van der Waals surface area contributed by atoms with Crippen LogP contribution in [0.25, 0.3) is 0 Å². The molecule has 2 aromatic rings. The van der Waals surface area contributed by atoms with Crippen LogP contribution in [0.1, 0.15) is 22.8 Å². The summed E-state index contributed by atoms with van der Waals surface area (Å²) in [5.41, 5.74) is 0.898. The van der Waals surface area contributed by atoms with Crippen molar-refractivity contribution in [3.05, 3.63) is 47.5 Å². The summed E-state index contributed by atoms with van der Waals surface area (Å²) in [5.74, 6) is 0.804. The average Bonchev–Trinajstić information content (AvgIpc) is 2.72. The lowest BCUT2D eigenvalue weighted by Crippen LogP contribution is -2.23. The molecule has 0 saturated carbocycles. The Kier molecular flexibility index (Phi) is 7.24. The van der Waals surface area contributed by atoms with Gasteiger partial charge in [-0.2, -0.15) is 0 Å². The van der Waals surface area contributed by atoms with Crippen molar-refractivity contribution in [1.29, 1.82) is 0 Å². The number of sulfonamides is 1. The van der Waals surface area contributed by atoms with E-state index in [1.807, 2.05) is 6.92 Å². The van der Waals surface area contributed by atoms with Gasteiger partial charge in [0.15, 0.2) is 11.5 Å². The first-order valence-electron chi connectivity index (χ1n) is 8.42. The predicted molar refractivity (Wildman–Crippen MR) is 103 cm³/mol.